The highest BCUT2D eigenvalue weighted by Crippen LogP contribution is 2.31. The van der Waals surface area contributed by atoms with Crippen molar-refractivity contribution in [3.05, 3.63) is 0 Å². The molecule has 0 aromatic heterocycles. The Labute approximate surface area is 80.6 Å². The Kier molecular flexibility index (Phi) is 3.35. The lowest BCUT2D eigenvalue weighted by Gasteiger charge is -2.31. The van der Waals surface area contributed by atoms with Crippen LogP contribution in [0.2, 0.25) is 0 Å². The van der Waals surface area contributed by atoms with Gasteiger partial charge in [-0.1, -0.05) is 20.3 Å². The molecule has 1 rings (SSSR count). The standard InChI is InChI=1S/C9H18O3S/c1-7-4-5-8(2)9(6-7)12-13(3,10)11/h7-9H,4-6H2,1-3H3. The van der Waals surface area contributed by atoms with Crippen LogP contribution in [-0.2, 0) is 14.3 Å². The molecule has 13 heavy (non-hydrogen) atoms. The second-order valence-electron chi connectivity index (χ2n) is 4.23. The monoisotopic (exact) mass is 206 g/mol. The molecule has 0 N–H and O–H groups in total. The first-order valence-corrected chi connectivity index (χ1v) is 6.58. The van der Waals surface area contributed by atoms with Crippen LogP contribution in [0.15, 0.2) is 0 Å². The van der Waals surface area contributed by atoms with Gasteiger partial charge < -0.3 is 0 Å². The van der Waals surface area contributed by atoms with Crippen molar-refractivity contribution in [2.45, 2.75) is 39.2 Å². The highest BCUT2D eigenvalue weighted by Gasteiger charge is 2.28. The molecule has 1 aliphatic carbocycles. The molecular weight excluding hydrogens is 188 g/mol. The lowest BCUT2D eigenvalue weighted by atomic mass is 9.82. The van der Waals surface area contributed by atoms with Gasteiger partial charge >= 0.3 is 0 Å². The predicted molar refractivity (Wildman–Crippen MR) is 51.9 cm³/mol. The van der Waals surface area contributed by atoms with Gasteiger partial charge in [0.15, 0.2) is 0 Å². The van der Waals surface area contributed by atoms with Crippen molar-refractivity contribution in [1.82, 2.24) is 0 Å². The van der Waals surface area contributed by atoms with Gasteiger partial charge in [0.05, 0.1) is 12.4 Å². The van der Waals surface area contributed by atoms with Crippen molar-refractivity contribution in [2.24, 2.45) is 11.8 Å². The summed E-state index contributed by atoms with van der Waals surface area (Å²) >= 11 is 0. The van der Waals surface area contributed by atoms with Crippen molar-refractivity contribution in [3.63, 3.8) is 0 Å². The quantitative estimate of drug-likeness (QED) is 0.647. The fourth-order valence-corrected chi connectivity index (χ4v) is 2.56. The minimum Gasteiger partial charge on any atom is -0.267 e. The first kappa shape index (κ1) is 11.0. The third kappa shape index (κ3) is 3.65. The van der Waals surface area contributed by atoms with Crippen LogP contribution in [0.4, 0.5) is 0 Å². The summed E-state index contributed by atoms with van der Waals surface area (Å²) in [7, 11) is -3.28. The maximum absolute atomic E-state index is 10.9. The van der Waals surface area contributed by atoms with Crippen LogP contribution in [0.5, 0.6) is 0 Å². The van der Waals surface area contributed by atoms with E-state index in [-0.39, 0.29) is 6.10 Å². The second-order valence-corrected chi connectivity index (χ2v) is 5.84. The third-order valence-electron chi connectivity index (χ3n) is 2.68. The van der Waals surface area contributed by atoms with Gasteiger partial charge in [-0.3, -0.25) is 4.18 Å². The molecule has 1 fully saturated rings. The number of hydrogen-bond acceptors (Lipinski definition) is 3. The molecule has 3 nitrogen and oxygen atoms in total. The summed E-state index contributed by atoms with van der Waals surface area (Å²) in [6.45, 7) is 4.20. The van der Waals surface area contributed by atoms with Crippen LogP contribution in [-0.4, -0.2) is 20.8 Å². The van der Waals surface area contributed by atoms with Gasteiger partial charge in [0, 0.05) is 0 Å². The van der Waals surface area contributed by atoms with Crippen molar-refractivity contribution in [3.8, 4) is 0 Å². The highest BCUT2D eigenvalue weighted by molar-refractivity contribution is 7.86. The van der Waals surface area contributed by atoms with Gasteiger partial charge in [-0.15, -0.1) is 0 Å². The molecule has 0 aromatic carbocycles. The molecule has 0 aromatic rings. The molecule has 1 saturated carbocycles. The Morgan fingerprint density at radius 3 is 2.38 bits per heavy atom. The zero-order valence-corrected chi connectivity index (χ0v) is 9.30. The van der Waals surface area contributed by atoms with Crippen molar-refractivity contribution in [1.29, 1.82) is 0 Å². The summed E-state index contributed by atoms with van der Waals surface area (Å²) in [5, 5.41) is 0. The number of hydrogen-bond donors (Lipinski definition) is 0. The Morgan fingerprint density at radius 1 is 1.23 bits per heavy atom. The van der Waals surface area contributed by atoms with Crippen molar-refractivity contribution < 1.29 is 12.6 Å². The molecule has 0 aliphatic heterocycles. The van der Waals surface area contributed by atoms with E-state index in [1.807, 2.05) is 0 Å². The van der Waals surface area contributed by atoms with Gasteiger partial charge in [-0.2, -0.15) is 8.42 Å². The molecule has 0 amide bonds. The summed E-state index contributed by atoms with van der Waals surface area (Å²) in [5.74, 6) is 0.953. The molecule has 0 heterocycles. The van der Waals surface area contributed by atoms with E-state index < -0.39 is 10.1 Å². The molecule has 0 radical (unpaired) electrons. The Hall–Kier alpha value is -0.0900. The molecule has 1 aliphatic rings. The average Bonchev–Trinajstić information content (AvgIpc) is 1.94. The van der Waals surface area contributed by atoms with E-state index in [0.29, 0.717) is 11.8 Å². The minimum atomic E-state index is -3.28. The van der Waals surface area contributed by atoms with Gasteiger partial charge in [0.25, 0.3) is 10.1 Å². The Bertz CT molecular complexity index is 258. The third-order valence-corrected chi connectivity index (χ3v) is 3.28. The maximum atomic E-state index is 10.9. The minimum absolute atomic E-state index is 0.0984. The highest BCUT2D eigenvalue weighted by atomic mass is 32.2. The Balaban J connectivity index is 2.57. The van der Waals surface area contributed by atoms with E-state index in [4.69, 9.17) is 4.18 Å². The van der Waals surface area contributed by atoms with E-state index >= 15 is 0 Å². The van der Waals surface area contributed by atoms with E-state index in [0.717, 1.165) is 19.1 Å². The van der Waals surface area contributed by atoms with Gasteiger partial charge in [-0.05, 0) is 24.7 Å². The molecular formula is C9H18O3S. The summed E-state index contributed by atoms with van der Waals surface area (Å²) in [5.41, 5.74) is 0. The lowest BCUT2D eigenvalue weighted by molar-refractivity contribution is 0.0861. The maximum Gasteiger partial charge on any atom is 0.264 e. The topological polar surface area (TPSA) is 43.4 Å². The number of rotatable bonds is 2. The van der Waals surface area contributed by atoms with E-state index in [9.17, 15) is 8.42 Å². The molecule has 3 unspecified atom stereocenters. The summed E-state index contributed by atoms with van der Waals surface area (Å²) in [4.78, 5) is 0. The van der Waals surface area contributed by atoms with Crippen LogP contribution < -0.4 is 0 Å². The Morgan fingerprint density at radius 2 is 1.85 bits per heavy atom. The lowest BCUT2D eigenvalue weighted by Crippen LogP contribution is -2.31. The summed E-state index contributed by atoms with van der Waals surface area (Å²) in [6.07, 6.45) is 4.15. The fraction of sp³-hybridized carbons (Fsp3) is 1.00. The van der Waals surface area contributed by atoms with Crippen LogP contribution >= 0.6 is 0 Å². The fourth-order valence-electron chi connectivity index (χ4n) is 1.84. The van der Waals surface area contributed by atoms with Gasteiger partial charge in [0.1, 0.15) is 0 Å². The summed E-state index contributed by atoms with van der Waals surface area (Å²) in [6, 6.07) is 0. The van der Waals surface area contributed by atoms with Crippen molar-refractivity contribution >= 4 is 10.1 Å². The molecule has 0 bridgehead atoms. The first-order chi connectivity index (χ1) is 5.88. The van der Waals surface area contributed by atoms with Crippen molar-refractivity contribution in [2.75, 3.05) is 6.26 Å². The normalized spacial score (nSPS) is 36.1. The predicted octanol–water partition coefficient (Wildman–Crippen LogP) is 1.79. The van der Waals surface area contributed by atoms with Gasteiger partial charge in [-0.25, -0.2) is 0 Å². The smallest absolute Gasteiger partial charge is 0.264 e. The van der Waals surface area contributed by atoms with Gasteiger partial charge in [0.2, 0.25) is 0 Å². The van der Waals surface area contributed by atoms with E-state index in [1.54, 1.807) is 0 Å². The van der Waals surface area contributed by atoms with E-state index in [1.165, 1.54) is 6.42 Å². The molecule has 78 valence electrons. The molecule has 0 spiro atoms. The molecule has 3 atom stereocenters. The average molecular weight is 206 g/mol. The first-order valence-electron chi connectivity index (χ1n) is 4.76. The summed E-state index contributed by atoms with van der Waals surface area (Å²) < 4.78 is 26.9. The SMILES string of the molecule is CC1CCC(C)C(OS(C)(=O)=O)C1. The zero-order chi connectivity index (χ0) is 10.1. The molecule has 0 saturated heterocycles. The van der Waals surface area contributed by atoms with Crippen LogP contribution in [0.25, 0.3) is 0 Å². The molecule has 4 heteroatoms. The van der Waals surface area contributed by atoms with Crippen LogP contribution in [0.1, 0.15) is 33.1 Å². The largest absolute Gasteiger partial charge is 0.267 e. The second kappa shape index (κ2) is 3.96. The van der Waals surface area contributed by atoms with Crippen LogP contribution in [0, 0.1) is 11.8 Å². The van der Waals surface area contributed by atoms with E-state index in [2.05, 4.69) is 13.8 Å². The van der Waals surface area contributed by atoms with Crippen LogP contribution in [0.3, 0.4) is 0 Å². The zero-order valence-electron chi connectivity index (χ0n) is 8.49.